The summed E-state index contributed by atoms with van der Waals surface area (Å²) in [6.45, 7) is 1.60. The monoisotopic (exact) mass is 377 g/mol. The minimum Gasteiger partial charge on any atom is -0.464 e. The van der Waals surface area contributed by atoms with E-state index in [1.165, 1.54) is 16.0 Å². The third kappa shape index (κ3) is 3.52. The Morgan fingerprint density at radius 1 is 1.14 bits per heavy atom. The summed E-state index contributed by atoms with van der Waals surface area (Å²) < 4.78 is 11.0. The first kappa shape index (κ1) is 18.3. The Kier molecular flexibility index (Phi) is 4.90. The van der Waals surface area contributed by atoms with E-state index >= 15 is 0 Å². The van der Waals surface area contributed by atoms with Gasteiger partial charge in [0.2, 0.25) is 0 Å². The van der Waals surface area contributed by atoms with Gasteiger partial charge < -0.3 is 14.1 Å². The van der Waals surface area contributed by atoms with Gasteiger partial charge in [-0.25, -0.2) is 0 Å². The minimum absolute atomic E-state index is 0.0818. The van der Waals surface area contributed by atoms with Gasteiger partial charge in [-0.1, -0.05) is 18.2 Å². The van der Waals surface area contributed by atoms with Gasteiger partial charge in [0.25, 0.3) is 5.91 Å². The van der Waals surface area contributed by atoms with Crippen LogP contribution >= 0.6 is 0 Å². The molecule has 0 saturated heterocycles. The molecule has 1 aliphatic carbocycles. The number of benzene rings is 2. The summed E-state index contributed by atoms with van der Waals surface area (Å²) in [4.78, 5) is 26.5. The van der Waals surface area contributed by atoms with Crippen LogP contribution in [0.4, 0.5) is 5.69 Å². The van der Waals surface area contributed by atoms with Crippen LogP contribution in [0.15, 0.2) is 53.1 Å². The van der Waals surface area contributed by atoms with Crippen molar-refractivity contribution in [1.29, 1.82) is 0 Å². The number of amides is 1. The Bertz CT molecular complexity index is 1020. The van der Waals surface area contributed by atoms with E-state index in [1.54, 1.807) is 20.2 Å². The molecule has 0 spiro atoms. The van der Waals surface area contributed by atoms with Gasteiger partial charge in [0, 0.05) is 23.7 Å². The van der Waals surface area contributed by atoms with Crippen LogP contribution < -0.4 is 4.90 Å². The third-order valence-electron chi connectivity index (χ3n) is 5.33. The summed E-state index contributed by atoms with van der Waals surface area (Å²) in [5.41, 5.74) is 5.02. The summed E-state index contributed by atoms with van der Waals surface area (Å²) in [5.74, 6) is -0.708. The van der Waals surface area contributed by atoms with Crippen molar-refractivity contribution >= 4 is 28.5 Å². The Hall–Kier alpha value is -3.08. The smallest absolute Gasteiger partial charge is 0.311 e. The highest BCUT2D eigenvalue weighted by atomic mass is 16.5. The van der Waals surface area contributed by atoms with Crippen molar-refractivity contribution in [2.45, 2.75) is 38.7 Å². The number of anilines is 1. The summed E-state index contributed by atoms with van der Waals surface area (Å²) in [6.07, 6.45) is 4.14. The molecule has 0 fully saturated rings. The van der Waals surface area contributed by atoms with Gasteiger partial charge in [0.15, 0.2) is 6.10 Å². The summed E-state index contributed by atoms with van der Waals surface area (Å²) in [6, 6.07) is 13.5. The molecule has 1 unspecified atom stereocenters. The lowest BCUT2D eigenvalue weighted by atomic mass is 10.0. The topological polar surface area (TPSA) is 59.8 Å². The molecule has 5 nitrogen and oxygen atoms in total. The average Bonchev–Trinajstić information content (AvgIpc) is 3.32. The number of carbonyl (C=O) groups is 2. The van der Waals surface area contributed by atoms with E-state index < -0.39 is 12.1 Å². The van der Waals surface area contributed by atoms with Gasteiger partial charge in [0.05, 0.1) is 12.7 Å². The molecule has 5 heteroatoms. The first-order valence-electron chi connectivity index (χ1n) is 9.57. The predicted molar refractivity (Wildman–Crippen MR) is 107 cm³/mol. The summed E-state index contributed by atoms with van der Waals surface area (Å²) in [7, 11) is 1.67. The number of nitrogens with zero attached hydrogens (tertiary/aromatic N) is 1. The average molecular weight is 377 g/mol. The lowest BCUT2D eigenvalue weighted by molar-refractivity contribution is -0.153. The van der Waals surface area contributed by atoms with E-state index in [4.69, 9.17) is 9.15 Å². The molecule has 28 heavy (non-hydrogen) atoms. The Labute approximate surface area is 163 Å². The molecule has 3 aromatic rings. The molecule has 0 radical (unpaired) electrons. The van der Waals surface area contributed by atoms with E-state index in [0.29, 0.717) is 0 Å². The van der Waals surface area contributed by atoms with Crippen molar-refractivity contribution in [3.63, 3.8) is 0 Å². The fraction of sp³-hybridized carbons (Fsp3) is 0.304. The van der Waals surface area contributed by atoms with Crippen molar-refractivity contribution in [1.82, 2.24) is 0 Å². The van der Waals surface area contributed by atoms with Crippen LogP contribution in [0.5, 0.6) is 0 Å². The second-order valence-corrected chi connectivity index (χ2v) is 7.27. The first-order valence-corrected chi connectivity index (χ1v) is 9.57. The van der Waals surface area contributed by atoms with Gasteiger partial charge in [0.1, 0.15) is 5.58 Å². The number of carbonyl (C=O) groups excluding carboxylic acids is 2. The quantitative estimate of drug-likeness (QED) is 0.629. The molecule has 4 rings (SSSR count). The van der Waals surface area contributed by atoms with Crippen LogP contribution in [0.3, 0.4) is 0 Å². The highest BCUT2D eigenvalue weighted by molar-refractivity contribution is 5.97. The van der Waals surface area contributed by atoms with Gasteiger partial charge in [-0.3, -0.25) is 9.59 Å². The summed E-state index contributed by atoms with van der Waals surface area (Å²) >= 11 is 0. The molecule has 2 aromatic carbocycles. The normalized spacial score (nSPS) is 13.9. The summed E-state index contributed by atoms with van der Waals surface area (Å²) in [5, 5.41) is 0.956. The molecular weight excluding hydrogens is 354 g/mol. The second-order valence-electron chi connectivity index (χ2n) is 7.27. The first-order chi connectivity index (χ1) is 13.5. The van der Waals surface area contributed by atoms with Crippen molar-refractivity contribution in [3.05, 3.63) is 65.4 Å². The Morgan fingerprint density at radius 3 is 2.61 bits per heavy atom. The van der Waals surface area contributed by atoms with Gasteiger partial charge in [-0.05, 0) is 61.6 Å². The molecule has 0 N–H and O–H groups in total. The predicted octanol–water partition coefficient (Wildman–Crippen LogP) is 4.06. The van der Waals surface area contributed by atoms with E-state index in [9.17, 15) is 9.59 Å². The standard InChI is InChI=1S/C23H23NO4/c1-15(23(26)24(2)19-9-4-3-5-10-19)28-22(25)13-18-14-27-21-12-17-8-6-7-16(17)11-20(18)21/h3-5,9-12,14-15H,6-8,13H2,1-2H3. The van der Waals surface area contributed by atoms with E-state index in [2.05, 4.69) is 12.1 Å². The molecular formula is C23H23NO4. The highest BCUT2D eigenvalue weighted by Gasteiger charge is 2.23. The number of likely N-dealkylation sites (N-methyl/N-ethyl adjacent to an activating group) is 1. The van der Waals surface area contributed by atoms with Gasteiger partial charge in [-0.15, -0.1) is 0 Å². The molecule has 0 aliphatic heterocycles. The Morgan fingerprint density at radius 2 is 1.86 bits per heavy atom. The number of fused-ring (bicyclic) bond motifs is 2. The lowest BCUT2D eigenvalue weighted by Gasteiger charge is -2.21. The Balaban J connectivity index is 1.43. The van der Waals surface area contributed by atoms with E-state index in [1.807, 2.05) is 30.3 Å². The maximum atomic E-state index is 12.6. The fourth-order valence-electron chi connectivity index (χ4n) is 3.78. The zero-order chi connectivity index (χ0) is 19.7. The van der Waals surface area contributed by atoms with Crippen LogP contribution in [-0.2, 0) is 33.6 Å². The minimum atomic E-state index is -0.861. The molecule has 1 aromatic heterocycles. The number of aryl methyl sites for hydroxylation is 2. The van der Waals surface area contributed by atoms with Crippen molar-refractivity contribution in [3.8, 4) is 0 Å². The maximum absolute atomic E-state index is 12.6. The van der Waals surface area contributed by atoms with Crippen LogP contribution in [0.2, 0.25) is 0 Å². The number of ether oxygens (including phenoxy) is 1. The number of hydrogen-bond acceptors (Lipinski definition) is 4. The van der Waals surface area contributed by atoms with Crippen LogP contribution in [0, 0.1) is 0 Å². The highest BCUT2D eigenvalue weighted by Crippen LogP contribution is 2.30. The van der Waals surface area contributed by atoms with Crippen LogP contribution in [0.25, 0.3) is 11.0 Å². The van der Waals surface area contributed by atoms with Crippen molar-refractivity contribution in [2.75, 3.05) is 11.9 Å². The second kappa shape index (κ2) is 7.50. The van der Waals surface area contributed by atoms with Crippen LogP contribution in [0.1, 0.15) is 30.0 Å². The SMILES string of the molecule is CC(OC(=O)Cc1coc2cc3c(cc12)CCC3)C(=O)N(C)c1ccccc1. The van der Waals surface area contributed by atoms with Crippen LogP contribution in [-0.4, -0.2) is 25.0 Å². The number of hydrogen-bond donors (Lipinski definition) is 0. The number of esters is 1. The largest absolute Gasteiger partial charge is 0.464 e. The number of rotatable bonds is 5. The molecule has 1 atom stereocenters. The van der Waals surface area contributed by atoms with E-state index in [0.717, 1.165) is 41.5 Å². The van der Waals surface area contributed by atoms with Crippen molar-refractivity contribution in [2.24, 2.45) is 0 Å². The van der Waals surface area contributed by atoms with Gasteiger partial charge in [-0.2, -0.15) is 0 Å². The number of furan rings is 1. The number of para-hydroxylation sites is 1. The molecule has 0 saturated carbocycles. The molecule has 1 heterocycles. The molecule has 144 valence electrons. The fourth-order valence-corrected chi connectivity index (χ4v) is 3.78. The zero-order valence-corrected chi connectivity index (χ0v) is 16.1. The lowest BCUT2D eigenvalue weighted by Crippen LogP contribution is -2.37. The van der Waals surface area contributed by atoms with E-state index in [-0.39, 0.29) is 12.3 Å². The molecule has 1 aliphatic rings. The third-order valence-corrected chi connectivity index (χ3v) is 5.33. The maximum Gasteiger partial charge on any atom is 0.311 e. The molecule has 1 amide bonds. The zero-order valence-electron chi connectivity index (χ0n) is 16.1. The van der Waals surface area contributed by atoms with Gasteiger partial charge >= 0.3 is 5.97 Å². The van der Waals surface area contributed by atoms with Crippen molar-refractivity contribution < 1.29 is 18.7 Å². The molecule has 0 bridgehead atoms.